The van der Waals surface area contributed by atoms with E-state index in [0.717, 1.165) is 0 Å². The topological polar surface area (TPSA) is 84.2 Å². The summed E-state index contributed by atoms with van der Waals surface area (Å²) in [6.45, 7) is 1.72. The number of sulfonamides is 1. The number of halogens is 1. The van der Waals surface area contributed by atoms with E-state index in [2.05, 4.69) is 9.82 Å². The summed E-state index contributed by atoms with van der Waals surface area (Å²) < 4.78 is 41.3. The number of nitrogens with zero attached hydrogens (tertiary/aromatic N) is 2. The molecule has 1 atom stereocenters. The van der Waals surface area contributed by atoms with Gasteiger partial charge in [-0.15, -0.1) is 0 Å². The van der Waals surface area contributed by atoms with Crippen LogP contribution in [0.25, 0.3) is 0 Å². The second-order valence-electron chi connectivity index (χ2n) is 4.56. The Hall–Kier alpha value is -1.77. The van der Waals surface area contributed by atoms with Crippen molar-refractivity contribution in [2.45, 2.75) is 24.4 Å². The van der Waals surface area contributed by atoms with Crippen LogP contribution in [0.1, 0.15) is 18.5 Å². The maximum atomic E-state index is 13.2. The fourth-order valence-corrected chi connectivity index (χ4v) is 3.04. The van der Waals surface area contributed by atoms with Crippen LogP contribution in [-0.2, 0) is 16.6 Å². The molecule has 0 saturated carbocycles. The highest BCUT2D eigenvalue weighted by Gasteiger charge is 2.20. The first-order valence-electron chi connectivity index (χ1n) is 6.33. The minimum absolute atomic E-state index is 0.000738. The first kappa shape index (κ1) is 15.6. The third-order valence-corrected chi connectivity index (χ3v) is 4.42. The summed E-state index contributed by atoms with van der Waals surface area (Å²) in [4.78, 5) is -0.000738. The van der Waals surface area contributed by atoms with Crippen LogP contribution in [0.2, 0.25) is 0 Å². The number of aliphatic hydroxyl groups excluding tert-OH is 1. The van der Waals surface area contributed by atoms with E-state index >= 15 is 0 Å². The summed E-state index contributed by atoms with van der Waals surface area (Å²) >= 11 is 0. The predicted molar refractivity (Wildman–Crippen MR) is 74.4 cm³/mol. The first-order chi connectivity index (χ1) is 9.92. The number of hydrogen-bond acceptors (Lipinski definition) is 4. The van der Waals surface area contributed by atoms with Gasteiger partial charge in [-0.2, -0.15) is 5.10 Å². The van der Waals surface area contributed by atoms with Gasteiger partial charge in [0.25, 0.3) is 0 Å². The molecule has 2 N–H and O–H groups in total. The van der Waals surface area contributed by atoms with E-state index in [4.69, 9.17) is 5.11 Å². The van der Waals surface area contributed by atoms with Crippen molar-refractivity contribution in [3.05, 3.63) is 48.0 Å². The molecule has 1 aromatic carbocycles. The SMILES string of the molecule is CC(NS(=O)(=O)c1cnn(CCO)c1)c1cccc(F)c1. The fourth-order valence-electron chi connectivity index (χ4n) is 1.85. The van der Waals surface area contributed by atoms with Gasteiger partial charge in [0.1, 0.15) is 10.7 Å². The van der Waals surface area contributed by atoms with Crippen molar-refractivity contribution in [2.75, 3.05) is 6.61 Å². The lowest BCUT2D eigenvalue weighted by atomic mass is 10.1. The number of rotatable bonds is 6. The quantitative estimate of drug-likeness (QED) is 0.835. The molecule has 0 aliphatic heterocycles. The zero-order chi connectivity index (χ0) is 15.5. The summed E-state index contributed by atoms with van der Waals surface area (Å²) in [5.41, 5.74) is 0.529. The molecule has 1 unspecified atom stereocenters. The highest BCUT2D eigenvalue weighted by Crippen LogP contribution is 2.17. The van der Waals surface area contributed by atoms with Crippen LogP contribution < -0.4 is 4.72 Å². The molecular formula is C13H16FN3O3S. The zero-order valence-electron chi connectivity index (χ0n) is 11.4. The van der Waals surface area contributed by atoms with E-state index in [9.17, 15) is 12.8 Å². The molecule has 8 heteroatoms. The van der Waals surface area contributed by atoms with E-state index in [0.29, 0.717) is 5.56 Å². The van der Waals surface area contributed by atoms with Crippen LogP contribution in [0.3, 0.4) is 0 Å². The molecule has 21 heavy (non-hydrogen) atoms. The average molecular weight is 313 g/mol. The van der Waals surface area contributed by atoms with Crippen LogP contribution in [0.5, 0.6) is 0 Å². The maximum absolute atomic E-state index is 13.2. The van der Waals surface area contributed by atoms with E-state index in [-0.39, 0.29) is 18.0 Å². The molecule has 1 heterocycles. The van der Waals surface area contributed by atoms with Gasteiger partial charge in [-0.25, -0.2) is 17.5 Å². The van der Waals surface area contributed by atoms with Crippen molar-refractivity contribution in [1.82, 2.24) is 14.5 Å². The summed E-state index contributed by atoms with van der Waals surface area (Å²) in [6.07, 6.45) is 2.53. The normalized spacial score (nSPS) is 13.3. The number of nitrogens with one attached hydrogen (secondary N) is 1. The Labute approximate surface area is 122 Å². The van der Waals surface area contributed by atoms with Crippen molar-refractivity contribution >= 4 is 10.0 Å². The molecular weight excluding hydrogens is 297 g/mol. The average Bonchev–Trinajstić information content (AvgIpc) is 2.88. The molecule has 2 aromatic rings. The molecule has 114 valence electrons. The second kappa shape index (κ2) is 6.33. The monoisotopic (exact) mass is 313 g/mol. The Morgan fingerprint density at radius 1 is 1.48 bits per heavy atom. The molecule has 0 spiro atoms. The van der Waals surface area contributed by atoms with Crippen LogP contribution in [0.15, 0.2) is 41.6 Å². The van der Waals surface area contributed by atoms with Gasteiger partial charge in [0.05, 0.1) is 19.3 Å². The van der Waals surface area contributed by atoms with Crippen LogP contribution in [0.4, 0.5) is 4.39 Å². The highest BCUT2D eigenvalue weighted by atomic mass is 32.2. The van der Waals surface area contributed by atoms with Gasteiger partial charge in [-0.05, 0) is 24.6 Å². The predicted octanol–water partition coefficient (Wildman–Crippen LogP) is 1.05. The minimum atomic E-state index is -3.76. The van der Waals surface area contributed by atoms with E-state index < -0.39 is 21.9 Å². The molecule has 2 rings (SSSR count). The lowest BCUT2D eigenvalue weighted by Gasteiger charge is -2.13. The van der Waals surface area contributed by atoms with E-state index in [1.807, 2.05) is 0 Å². The van der Waals surface area contributed by atoms with Crippen molar-refractivity contribution < 1.29 is 17.9 Å². The zero-order valence-corrected chi connectivity index (χ0v) is 12.2. The Kier molecular flexibility index (Phi) is 4.71. The van der Waals surface area contributed by atoms with Crippen LogP contribution in [0, 0.1) is 5.82 Å². The molecule has 0 amide bonds. The number of aromatic nitrogens is 2. The molecule has 0 fully saturated rings. The van der Waals surface area contributed by atoms with E-state index in [1.54, 1.807) is 13.0 Å². The largest absolute Gasteiger partial charge is 0.394 e. The smallest absolute Gasteiger partial charge is 0.244 e. The Balaban J connectivity index is 2.16. The number of benzene rings is 1. The van der Waals surface area contributed by atoms with Gasteiger partial charge < -0.3 is 5.11 Å². The number of hydrogen-bond donors (Lipinski definition) is 2. The van der Waals surface area contributed by atoms with E-state index in [1.165, 1.54) is 35.3 Å². The molecule has 0 aliphatic carbocycles. The third kappa shape index (κ3) is 3.87. The Bertz CT molecular complexity index is 715. The van der Waals surface area contributed by atoms with Crippen molar-refractivity contribution in [2.24, 2.45) is 0 Å². The third-order valence-electron chi connectivity index (χ3n) is 2.93. The van der Waals surface area contributed by atoms with Crippen molar-refractivity contribution in [1.29, 1.82) is 0 Å². The lowest BCUT2D eigenvalue weighted by molar-refractivity contribution is 0.269. The van der Waals surface area contributed by atoms with Gasteiger partial charge in [0.15, 0.2) is 0 Å². The molecule has 0 radical (unpaired) electrons. The molecule has 6 nitrogen and oxygen atoms in total. The summed E-state index contributed by atoms with van der Waals surface area (Å²) in [5, 5.41) is 12.6. The Morgan fingerprint density at radius 3 is 2.90 bits per heavy atom. The molecule has 1 aromatic heterocycles. The molecule has 0 aliphatic rings. The second-order valence-corrected chi connectivity index (χ2v) is 6.27. The fraction of sp³-hybridized carbons (Fsp3) is 0.308. The van der Waals surface area contributed by atoms with Gasteiger partial charge in [-0.1, -0.05) is 12.1 Å². The van der Waals surface area contributed by atoms with Crippen molar-refractivity contribution in [3.63, 3.8) is 0 Å². The minimum Gasteiger partial charge on any atom is -0.394 e. The summed E-state index contributed by atoms with van der Waals surface area (Å²) in [7, 11) is -3.76. The van der Waals surface area contributed by atoms with Gasteiger partial charge in [0.2, 0.25) is 10.0 Å². The van der Waals surface area contributed by atoms with Crippen molar-refractivity contribution in [3.8, 4) is 0 Å². The number of aliphatic hydroxyl groups is 1. The van der Waals surface area contributed by atoms with Crippen LogP contribution >= 0.6 is 0 Å². The van der Waals surface area contributed by atoms with Gasteiger partial charge in [0, 0.05) is 12.2 Å². The molecule has 0 bridgehead atoms. The van der Waals surface area contributed by atoms with Gasteiger partial charge >= 0.3 is 0 Å². The van der Waals surface area contributed by atoms with Crippen LogP contribution in [-0.4, -0.2) is 29.9 Å². The molecule has 0 saturated heterocycles. The standard InChI is InChI=1S/C13H16FN3O3S/c1-10(11-3-2-4-12(14)7-11)16-21(19,20)13-8-15-17(9-13)5-6-18/h2-4,7-10,16,18H,5-6H2,1H3. The highest BCUT2D eigenvalue weighted by molar-refractivity contribution is 7.89. The Morgan fingerprint density at radius 2 is 2.24 bits per heavy atom. The summed E-state index contributed by atoms with van der Waals surface area (Å²) in [5.74, 6) is -0.422. The lowest BCUT2D eigenvalue weighted by Crippen LogP contribution is -2.26. The van der Waals surface area contributed by atoms with Gasteiger partial charge in [-0.3, -0.25) is 4.68 Å². The maximum Gasteiger partial charge on any atom is 0.244 e. The summed E-state index contributed by atoms with van der Waals surface area (Å²) in [6, 6.07) is 5.17. The first-order valence-corrected chi connectivity index (χ1v) is 7.82.